The van der Waals surface area contributed by atoms with E-state index >= 15 is 0 Å². The molecule has 1 saturated heterocycles. The number of nitrogens with zero attached hydrogens (tertiary/aromatic N) is 2. The molecule has 1 aromatic rings. The summed E-state index contributed by atoms with van der Waals surface area (Å²) in [6, 6.07) is 2.18. The molecular weight excluding hydrogens is 226 g/mol. The fraction of sp³-hybridized carbons (Fsp3) is 0.600. The van der Waals surface area contributed by atoms with Crippen LogP contribution >= 0.6 is 11.3 Å². The van der Waals surface area contributed by atoms with E-state index in [0.717, 1.165) is 31.7 Å². The summed E-state index contributed by atoms with van der Waals surface area (Å²) in [4.78, 5) is 12.6. The minimum Gasteiger partial charge on any atom is -0.312 e. The first-order chi connectivity index (χ1) is 7.65. The van der Waals surface area contributed by atoms with Gasteiger partial charge in [-0.05, 0) is 12.5 Å². The van der Waals surface area contributed by atoms with Crippen molar-refractivity contribution in [2.75, 3.05) is 19.6 Å². The lowest BCUT2D eigenvalue weighted by molar-refractivity contribution is -0.380. The van der Waals surface area contributed by atoms with Crippen LogP contribution in [0.25, 0.3) is 0 Å². The summed E-state index contributed by atoms with van der Waals surface area (Å²) < 4.78 is 0. The zero-order valence-corrected chi connectivity index (χ0v) is 10.00. The summed E-state index contributed by atoms with van der Waals surface area (Å²) in [5.74, 6) is 0. The number of nitrogens with one attached hydrogen (secondary N) is 1. The number of thiophene rings is 1. The van der Waals surface area contributed by atoms with Crippen molar-refractivity contribution in [3.8, 4) is 0 Å². The third-order valence-electron chi connectivity index (χ3n) is 2.68. The van der Waals surface area contributed by atoms with Crippen molar-refractivity contribution < 1.29 is 4.92 Å². The molecule has 0 unspecified atom stereocenters. The van der Waals surface area contributed by atoms with Crippen LogP contribution in [0.1, 0.15) is 12.5 Å². The first kappa shape index (κ1) is 11.5. The van der Waals surface area contributed by atoms with Crippen LogP contribution in [0.3, 0.4) is 0 Å². The summed E-state index contributed by atoms with van der Waals surface area (Å²) in [7, 11) is 0. The van der Waals surface area contributed by atoms with Crippen molar-refractivity contribution in [1.29, 1.82) is 0 Å². The Balaban J connectivity index is 1.95. The van der Waals surface area contributed by atoms with Gasteiger partial charge in [0.25, 0.3) is 0 Å². The van der Waals surface area contributed by atoms with Gasteiger partial charge in [0, 0.05) is 43.7 Å². The Labute approximate surface area is 98.2 Å². The maximum absolute atomic E-state index is 10.6. The average Bonchev–Trinajstić information content (AvgIpc) is 2.66. The topological polar surface area (TPSA) is 58.4 Å². The third kappa shape index (κ3) is 2.78. The second kappa shape index (κ2) is 4.90. The zero-order valence-electron chi connectivity index (χ0n) is 9.18. The van der Waals surface area contributed by atoms with E-state index in [9.17, 15) is 10.1 Å². The molecular formula is C10H15N3O2S. The Morgan fingerprint density at radius 1 is 1.75 bits per heavy atom. The lowest BCUT2D eigenvalue weighted by atomic mass is 10.2. The van der Waals surface area contributed by atoms with Gasteiger partial charge in [-0.2, -0.15) is 0 Å². The van der Waals surface area contributed by atoms with Gasteiger partial charge in [-0.1, -0.05) is 11.3 Å². The largest absolute Gasteiger partial charge is 0.324 e. The summed E-state index contributed by atoms with van der Waals surface area (Å²) in [5.41, 5.74) is 1.05. The van der Waals surface area contributed by atoms with Crippen LogP contribution in [0, 0.1) is 10.1 Å². The molecule has 0 aliphatic carbocycles. The smallest absolute Gasteiger partial charge is 0.312 e. The molecule has 5 nitrogen and oxygen atoms in total. The number of rotatable bonds is 3. The van der Waals surface area contributed by atoms with E-state index in [1.54, 1.807) is 6.07 Å². The quantitative estimate of drug-likeness (QED) is 0.643. The molecule has 88 valence electrons. The van der Waals surface area contributed by atoms with E-state index < -0.39 is 0 Å². The minimum absolute atomic E-state index is 0.234. The van der Waals surface area contributed by atoms with Gasteiger partial charge in [0.1, 0.15) is 0 Å². The van der Waals surface area contributed by atoms with Crippen LogP contribution in [0.2, 0.25) is 0 Å². The Bertz CT molecular complexity index is 380. The van der Waals surface area contributed by atoms with Crippen LogP contribution < -0.4 is 5.32 Å². The van der Waals surface area contributed by atoms with E-state index in [2.05, 4.69) is 17.1 Å². The lowest BCUT2D eigenvalue weighted by Gasteiger charge is -2.31. The van der Waals surface area contributed by atoms with Gasteiger partial charge in [-0.3, -0.25) is 15.0 Å². The Kier molecular flexibility index (Phi) is 3.52. The van der Waals surface area contributed by atoms with E-state index in [-0.39, 0.29) is 9.92 Å². The second-order valence-electron chi connectivity index (χ2n) is 4.14. The molecule has 6 heteroatoms. The molecule has 2 heterocycles. The molecule has 1 aliphatic rings. The number of nitro groups is 1. The minimum atomic E-state index is -0.325. The van der Waals surface area contributed by atoms with Gasteiger partial charge in [0.15, 0.2) is 0 Å². The van der Waals surface area contributed by atoms with Crippen molar-refractivity contribution in [1.82, 2.24) is 10.2 Å². The molecule has 0 radical (unpaired) electrons. The molecule has 0 bridgehead atoms. The zero-order chi connectivity index (χ0) is 11.5. The normalized spacial score (nSPS) is 22.2. The monoisotopic (exact) mass is 241 g/mol. The Hall–Kier alpha value is -0.980. The molecule has 0 saturated carbocycles. The highest BCUT2D eigenvalue weighted by Gasteiger charge is 2.17. The van der Waals surface area contributed by atoms with Crippen molar-refractivity contribution >= 4 is 16.3 Å². The molecule has 2 rings (SSSR count). The van der Waals surface area contributed by atoms with Gasteiger partial charge in [-0.25, -0.2) is 0 Å². The highest BCUT2D eigenvalue weighted by atomic mass is 32.1. The highest BCUT2D eigenvalue weighted by Crippen LogP contribution is 2.23. The Morgan fingerprint density at radius 2 is 2.56 bits per heavy atom. The summed E-state index contributed by atoms with van der Waals surface area (Å²) >= 11 is 1.21. The van der Waals surface area contributed by atoms with Crippen LogP contribution in [0.4, 0.5) is 5.00 Å². The number of hydrogen-bond acceptors (Lipinski definition) is 5. The van der Waals surface area contributed by atoms with Gasteiger partial charge in [0.05, 0.1) is 4.92 Å². The van der Waals surface area contributed by atoms with Gasteiger partial charge < -0.3 is 5.32 Å². The van der Waals surface area contributed by atoms with E-state index in [1.807, 2.05) is 5.38 Å². The molecule has 0 spiro atoms. The van der Waals surface area contributed by atoms with Gasteiger partial charge in [0.2, 0.25) is 0 Å². The number of hydrogen-bond donors (Lipinski definition) is 1. The van der Waals surface area contributed by atoms with E-state index in [0.29, 0.717) is 6.04 Å². The summed E-state index contributed by atoms with van der Waals surface area (Å²) in [6.07, 6.45) is 0. The molecule has 1 atom stereocenters. The Morgan fingerprint density at radius 3 is 3.19 bits per heavy atom. The first-order valence-electron chi connectivity index (χ1n) is 5.32. The predicted octanol–water partition coefficient (Wildman–Crippen LogP) is 1.45. The molecule has 1 fully saturated rings. The van der Waals surface area contributed by atoms with Crippen LogP contribution in [-0.4, -0.2) is 35.5 Å². The van der Waals surface area contributed by atoms with Crippen LogP contribution in [-0.2, 0) is 6.54 Å². The predicted molar refractivity (Wildman–Crippen MR) is 63.7 cm³/mol. The van der Waals surface area contributed by atoms with E-state index in [4.69, 9.17) is 0 Å². The van der Waals surface area contributed by atoms with Crippen molar-refractivity contribution in [2.24, 2.45) is 0 Å². The molecule has 1 aromatic heterocycles. The first-order valence-corrected chi connectivity index (χ1v) is 6.20. The third-order valence-corrected chi connectivity index (χ3v) is 3.61. The van der Waals surface area contributed by atoms with Crippen LogP contribution in [0.15, 0.2) is 11.4 Å². The molecule has 0 aromatic carbocycles. The fourth-order valence-electron chi connectivity index (χ4n) is 1.96. The van der Waals surface area contributed by atoms with E-state index in [1.165, 1.54) is 11.3 Å². The highest BCUT2D eigenvalue weighted by molar-refractivity contribution is 7.13. The van der Waals surface area contributed by atoms with Gasteiger partial charge >= 0.3 is 5.00 Å². The fourth-order valence-corrected chi connectivity index (χ4v) is 2.68. The molecule has 0 amide bonds. The average molecular weight is 241 g/mol. The second-order valence-corrected chi connectivity index (χ2v) is 5.03. The summed E-state index contributed by atoms with van der Waals surface area (Å²) in [6.45, 7) is 5.98. The lowest BCUT2D eigenvalue weighted by Crippen LogP contribution is -2.48. The number of piperazine rings is 1. The van der Waals surface area contributed by atoms with Crippen molar-refractivity contribution in [3.05, 3.63) is 27.1 Å². The molecule has 16 heavy (non-hydrogen) atoms. The molecule has 1 N–H and O–H groups in total. The standard InChI is InChI=1S/C10H15N3O2S/c1-8-5-12(3-2-11-8)6-9-4-10(13(14)15)16-7-9/h4,7-8,11H,2-3,5-6H2,1H3/t8-/m1/s1. The van der Waals surface area contributed by atoms with Crippen LogP contribution in [0.5, 0.6) is 0 Å². The SMILES string of the molecule is C[C@@H]1CN(Cc2csc([N+](=O)[O-])c2)CCN1. The van der Waals surface area contributed by atoms with Crippen molar-refractivity contribution in [3.63, 3.8) is 0 Å². The molecule has 1 aliphatic heterocycles. The maximum atomic E-state index is 10.6. The van der Waals surface area contributed by atoms with Gasteiger partial charge in [-0.15, -0.1) is 0 Å². The maximum Gasteiger partial charge on any atom is 0.324 e. The summed E-state index contributed by atoms with van der Waals surface area (Å²) in [5, 5.41) is 16.0. The van der Waals surface area contributed by atoms with Crippen molar-refractivity contribution in [2.45, 2.75) is 19.5 Å².